The molecule has 2 aliphatic rings. The Kier molecular flexibility index (Phi) is 7.11. The highest BCUT2D eigenvalue weighted by atomic mass is 32.1. The van der Waals surface area contributed by atoms with Crippen molar-refractivity contribution in [1.29, 1.82) is 10.5 Å². The van der Waals surface area contributed by atoms with Gasteiger partial charge in [-0.15, -0.1) is 21.5 Å². The summed E-state index contributed by atoms with van der Waals surface area (Å²) in [7, 11) is 0. The Hall–Kier alpha value is -2.75. The fourth-order valence-corrected chi connectivity index (χ4v) is 6.42. The fraction of sp³-hybridized carbons (Fsp3) is 0.625. The number of nitrogens with one attached hydrogen (secondary N) is 1. The zero-order chi connectivity index (χ0) is 23.5. The molecule has 33 heavy (non-hydrogen) atoms. The van der Waals surface area contributed by atoms with Crippen LogP contribution in [0.5, 0.6) is 0 Å². The number of aryl methyl sites for hydroxylation is 1. The molecular formula is C24H31N7OS. The molecule has 174 valence electrons. The molecule has 0 aliphatic carbocycles. The predicted molar refractivity (Wildman–Crippen MR) is 125 cm³/mol. The molecule has 8 nitrogen and oxygen atoms in total. The number of carbonyl (C=O) groups excluding carboxylic acids is 1. The third kappa shape index (κ3) is 4.95. The van der Waals surface area contributed by atoms with Crippen molar-refractivity contribution in [3.8, 4) is 12.1 Å². The van der Waals surface area contributed by atoms with Crippen LogP contribution >= 0.6 is 11.3 Å². The summed E-state index contributed by atoms with van der Waals surface area (Å²) in [5.74, 6) is 2.17. The summed E-state index contributed by atoms with van der Waals surface area (Å²) in [4.78, 5) is 16.4. The molecule has 1 N–H and O–H groups in total. The molecule has 3 atom stereocenters. The van der Waals surface area contributed by atoms with Gasteiger partial charge in [0, 0.05) is 35.5 Å². The van der Waals surface area contributed by atoms with Gasteiger partial charge in [0.2, 0.25) is 5.91 Å². The van der Waals surface area contributed by atoms with Gasteiger partial charge < -0.3 is 9.88 Å². The molecule has 1 amide bonds. The molecule has 4 heterocycles. The molecule has 2 bridgehead atoms. The molecule has 0 aromatic carbocycles. The Morgan fingerprint density at radius 2 is 1.94 bits per heavy atom. The average Bonchev–Trinajstić information content (AvgIpc) is 3.47. The molecule has 0 spiro atoms. The maximum absolute atomic E-state index is 12.2. The minimum Gasteiger partial charge on any atom is -0.348 e. The molecule has 2 fully saturated rings. The summed E-state index contributed by atoms with van der Waals surface area (Å²) >= 11 is 1.41. The first kappa shape index (κ1) is 23.4. The van der Waals surface area contributed by atoms with Crippen LogP contribution in [0.25, 0.3) is 0 Å². The summed E-state index contributed by atoms with van der Waals surface area (Å²) in [5.41, 5.74) is 0. The maximum Gasteiger partial charge on any atom is 0.234 e. The van der Waals surface area contributed by atoms with E-state index in [9.17, 15) is 10.1 Å². The maximum atomic E-state index is 12.2. The average molecular weight is 466 g/mol. The Balaban J connectivity index is 1.45. The minimum absolute atomic E-state index is 0.153. The SMILES string of the molecule is Cc1nnc(C(C)C)n1C1CC2CCC(C1)N2CC[C@H](NC(=O)CC#N)c1ccc(C#N)s1. The largest absolute Gasteiger partial charge is 0.348 e. The van der Waals surface area contributed by atoms with E-state index in [0.717, 1.165) is 42.3 Å². The van der Waals surface area contributed by atoms with Crippen molar-refractivity contribution in [2.24, 2.45) is 0 Å². The summed E-state index contributed by atoms with van der Waals surface area (Å²) in [5, 5.41) is 29.9. The van der Waals surface area contributed by atoms with E-state index in [1.165, 1.54) is 24.2 Å². The number of thiophene rings is 1. The first-order valence-electron chi connectivity index (χ1n) is 11.7. The van der Waals surface area contributed by atoms with Crippen molar-refractivity contribution in [2.45, 2.75) is 89.4 Å². The normalized spacial score (nSPS) is 23.3. The van der Waals surface area contributed by atoms with Crippen LogP contribution < -0.4 is 5.32 Å². The fourth-order valence-electron chi connectivity index (χ4n) is 5.53. The van der Waals surface area contributed by atoms with E-state index in [1.54, 1.807) is 6.07 Å². The molecule has 0 saturated carbocycles. The van der Waals surface area contributed by atoms with Gasteiger partial charge in [0.25, 0.3) is 0 Å². The lowest BCUT2D eigenvalue weighted by Crippen LogP contribution is -2.45. The summed E-state index contributed by atoms with van der Waals surface area (Å²) in [6, 6.07) is 9.11. The molecule has 2 saturated heterocycles. The number of fused-ring (bicyclic) bond motifs is 2. The summed E-state index contributed by atoms with van der Waals surface area (Å²) in [6.45, 7) is 7.29. The molecule has 0 radical (unpaired) electrons. The highest BCUT2D eigenvalue weighted by Gasteiger charge is 2.42. The number of nitrogens with zero attached hydrogens (tertiary/aromatic N) is 6. The number of hydrogen-bond donors (Lipinski definition) is 1. The standard InChI is InChI=1S/C24H31N7OS/c1-15(2)24-29-28-16(3)31(24)19-12-17-4-5-18(13-19)30(17)11-9-21(27-23(32)8-10-25)22-7-6-20(14-26)33-22/h6-7,15,17-19,21H,4-5,8-9,11-13H2,1-3H3,(H,27,32)/t17?,18?,19?,21-/m0/s1. The van der Waals surface area contributed by atoms with Crippen LogP contribution in [0.4, 0.5) is 0 Å². The Morgan fingerprint density at radius 3 is 2.55 bits per heavy atom. The van der Waals surface area contributed by atoms with Gasteiger partial charge in [-0.05, 0) is 51.2 Å². The Bertz CT molecular complexity index is 1060. The Labute approximate surface area is 199 Å². The van der Waals surface area contributed by atoms with Gasteiger partial charge in [-0.3, -0.25) is 9.69 Å². The van der Waals surface area contributed by atoms with Crippen molar-refractivity contribution < 1.29 is 4.79 Å². The molecule has 4 rings (SSSR count). The number of carbonyl (C=O) groups is 1. The van der Waals surface area contributed by atoms with Crippen LogP contribution in [-0.2, 0) is 4.79 Å². The van der Waals surface area contributed by atoms with Gasteiger partial charge in [0.1, 0.15) is 29.0 Å². The lowest BCUT2D eigenvalue weighted by molar-refractivity contribution is -0.120. The van der Waals surface area contributed by atoms with E-state index < -0.39 is 0 Å². The summed E-state index contributed by atoms with van der Waals surface area (Å²) < 4.78 is 2.37. The van der Waals surface area contributed by atoms with E-state index in [2.05, 4.69) is 51.8 Å². The number of nitriles is 2. The summed E-state index contributed by atoms with van der Waals surface area (Å²) in [6.07, 6.45) is 5.20. The Morgan fingerprint density at radius 1 is 1.21 bits per heavy atom. The highest BCUT2D eigenvalue weighted by Crippen LogP contribution is 2.42. The monoisotopic (exact) mass is 465 g/mol. The van der Waals surface area contributed by atoms with Gasteiger partial charge in [0.15, 0.2) is 0 Å². The second-order valence-electron chi connectivity index (χ2n) is 9.44. The second kappa shape index (κ2) is 10.0. The van der Waals surface area contributed by atoms with Crippen LogP contribution in [-0.4, -0.2) is 44.2 Å². The van der Waals surface area contributed by atoms with Crippen LogP contribution in [0, 0.1) is 29.6 Å². The molecule has 2 aromatic heterocycles. The van der Waals surface area contributed by atoms with E-state index in [1.807, 2.05) is 12.1 Å². The number of rotatable bonds is 8. The van der Waals surface area contributed by atoms with E-state index in [4.69, 9.17) is 5.26 Å². The molecular weight excluding hydrogens is 434 g/mol. The van der Waals surface area contributed by atoms with Gasteiger partial charge in [-0.25, -0.2) is 0 Å². The number of piperidine rings is 1. The highest BCUT2D eigenvalue weighted by molar-refractivity contribution is 7.12. The van der Waals surface area contributed by atoms with Crippen molar-refractivity contribution in [2.75, 3.05) is 6.54 Å². The van der Waals surface area contributed by atoms with Crippen molar-refractivity contribution in [3.05, 3.63) is 33.5 Å². The number of aromatic nitrogens is 3. The third-order valence-corrected chi connectivity index (χ3v) is 8.07. The van der Waals surface area contributed by atoms with Gasteiger partial charge in [-0.1, -0.05) is 13.8 Å². The first-order chi connectivity index (χ1) is 15.9. The number of amides is 1. The van der Waals surface area contributed by atoms with E-state index in [-0.39, 0.29) is 18.4 Å². The van der Waals surface area contributed by atoms with Crippen molar-refractivity contribution in [3.63, 3.8) is 0 Å². The smallest absolute Gasteiger partial charge is 0.234 e. The first-order valence-corrected chi connectivity index (χ1v) is 12.6. The lowest BCUT2D eigenvalue weighted by atomic mass is 9.95. The number of hydrogen-bond acceptors (Lipinski definition) is 7. The van der Waals surface area contributed by atoms with Crippen molar-refractivity contribution in [1.82, 2.24) is 25.0 Å². The lowest BCUT2D eigenvalue weighted by Gasteiger charge is -2.40. The predicted octanol–water partition coefficient (Wildman–Crippen LogP) is 3.97. The van der Waals surface area contributed by atoms with Gasteiger partial charge in [-0.2, -0.15) is 10.5 Å². The van der Waals surface area contributed by atoms with Gasteiger partial charge in [0.05, 0.1) is 12.1 Å². The quantitative estimate of drug-likeness (QED) is 0.631. The molecule has 9 heteroatoms. The van der Waals surface area contributed by atoms with Crippen LogP contribution in [0.15, 0.2) is 12.1 Å². The second-order valence-corrected chi connectivity index (χ2v) is 10.6. The van der Waals surface area contributed by atoms with E-state index >= 15 is 0 Å². The zero-order valence-electron chi connectivity index (χ0n) is 19.5. The zero-order valence-corrected chi connectivity index (χ0v) is 20.3. The molecule has 2 aliphatic heterocycles. The topological polar surface area (TPSA) is 111 Å². The van der Waals surface area contributed by atoms with Crippen molar-refractivity contribution >= 4 is 17.2 Å². The minimum atomic E-state index is -0.264. The van der Waals surface area contributed by atoms with E-state index in [0.29, 0.717) is 28.9 Å². The molecule has 2 unspecified atom stereocenters. The van der Waals surface area contributed by atoms with Gasteiger partial charge >= 0.3 is 0 Å². The molecule has 2 aromatic rings. The third-order valence-electron chi connectivity index (χ3n) is 6.96. The van der Waals surface area contributed by atoms with Crippen LogP contribution in [0.2, 0.25) is 0 Å². The van der Waals surface area contributed by atoms with Crippen LogP contribution in [0.1, 0.15) is 91.8 Å². The van der Waals surface area contributed by atoms with Crippen LogP contribution in [0.3, 0.4) is 0 Å².